The molecule has 3 aromatic rings. The molecule has 0 fully saturated rings. The summed E-state index contributed by atoms with van der Waals surface area (Å²) >= 11 is 0. The zero-order chi connectivity index (χ0) is 24.3. The highest BCUT2D eigenvalue weighted by Gasteiger charge is 2.27. The Kier molecular flexibility index (Phi) is 7.70. The SMILES string of the molecule is CCOC(=O)CC(N[S@](=O)C(C)(C)C)c1cc(-c2c(C)cc(F)cc2C)cc2ccccc12. The number of aryl methyl sites for hydroxylation is 2. The maximum Gasteiger partial charge on any atom is 0.307 e. The predicted octanol–water partition coefficient (Wildman–Crippen LogP) is 6.31. The van der Waals surface area contributed by atoms with Crippen LogP contribution in [-0.2, 0) is 20.5 Å². The van der Waals surface area contributed by atoms with Gasteiger partial charge in [-0.2, -0.15) is 0 Å². The Hall–Kier alpha value is -2.57. The van der Waals surface area contributed by atoms with E-state index < -0.39 is 21.8 Å². The molecule has 0 bridgehead atoms. The molecule has 2 atom stereocenters. The second-order valence-electron chi connectivity index (χ2n) is 9.26. The van der Waals surface area contributed by atoms with Gasteiger partial charge in [0, 0.05) is 0 Å². The molecule has 0 radical (unpaired) electrons. The number of esters is 1. The van der Waals surface area contributed by atoms with Gasteiger partial charge in [0.2, 0.25) is 0 Å². The molecular formula is C27H32FNO3S. The highest BCUT2D eigenvalue weighted by molar-refractivity contribution is 7.84. The van der Waals surface area contributed by atoms with Gasteiger partial charge in [-0.25, -0.2) is 13.3 Å². The second kappa shape index (κ2) is 10.1. The van der Waals surface area contributed by atoms with Crippen LogP contribution in [0.1, 0.15) is 56.8 Å². The van der Waals surface area contributed by atoms with Gasteiger partial charge >= 0.3 is 5.97 Å². The van der Waals surface area contributed by atoms with Gasteiger partial charge in [0.05, 0.1) is 34.8 Å². The summed E-state index contributed by atoms with van der Waals surface area (Å²) < 4.78 is 34.9. The third-order valence-corrected chi connectivity index (χ3v) is 7.15. The van der Waals surface area contributed by atoms with E-state index in [4.69, 9.17) is 4.74 Å². The van der Waals surface area contributed by atoms with E-state index in [1.54, 1.807) is 6.92 Å². The lowest BCUT2D eigenvalue weighted by Gasteiger charge is -2.26. The third-order valence-electron chi connectivity index (χ3n) is 5.54. The van der Waals surface area contributed by atoms with E-state index >= 15 is 0 Å². The number of carbonyl (C=O) groups excluding carboxylic acids is 1. The molecule has 0 heterocycles. The first-order valence-corrected chi connectivity index (χ1v) is 12.3. The van der Waals surface area contributed by atoms with E-state index in [0.29, 0.717) is 0 Å². The number of hydrogen-bond acceptors (Lipinski definition) is 3. The van der Waals surface area contributed by atoms with Gasteiger partial charge in [-0.3, -0.25) is 4.79 Å². The van der Waals surface area contributed by atoms with Crippen LogP contribution in [-0.4, -0.2) is 21.5 Å². The Morgan fingerprint density at radius 2 is 1.73 bits per heavy atom. The van der Waals surface area contributed by atoms with E-state index in [1.165, 1.54) is 12.1 Å². The lowest BCUT2D eigenvalue weighted by atomic mass is 9.89. The fourth-order valence-electron chi connectivity index (χ4n) is 4.05. The van der Waals surface area contributed by atoms with Crippen molar-refractivity contribution in [1.82, 2.24) is 4.72 Å². The Balaban J connectivity index is 2.22. The standard InChI is InChI=1S/C27H32FNO3S/c1-7-32-25(30)16-24(29-33(31)27(4,5)6)23-15-20(14-19-10-8-9-11-22(19)23)26-17(2)12-21(28)13-18(26)3/h8-15,24,29H,7,16H2,1-6H3/t24?,33-/m1/s1. The number of ether oxygens (including phenoxy) is 1. The fraction of sp³-hybridized carbons (Fsp3) is 0.370. The van der Waals surface area contributed by atoms with Gasteiger partial charge in [0.25, 0.3) is 0 Å². The Labute approximate surface area is 198 Å². The maximum absolute atomic E-state index is 14.0. The van der Waals surface area contributed by atoms with Gasteiger partial charge in [0.15, 0.2) is 0 Å². The number of benzene rings is 3. The summed E-state index contributed by atoms with van der Waals surface area (Å²) in [4.78, 5) is 12.5. The first-order chi connectivity index (χ1) is 15.5. The smallest absolute Gasteiger partial charge is 0.307 e. The van der Waals surface area contributed by atoms with Gasteiger partial charge in [0.1, 0.15) is 5.82 Å². The topological polar surface area (TPSA) is 55.4 Å². The van der Waals surface area contributed by atoms with Crippen molar-refractivity contribution in [2.24, 2.45) is 0 Å². The van der Waals surface area contributed by atoms with Crippen LogP contribution in [0.3, 0.4) is 0 Å². The second-order valence-corrected chi connectivity index (χ2v) is 11.3. The number of nitrogens with one attached hydrogen (secondary N) is 1. The Morgan fingerprint density at radius 1 is 1.09 bits per heavy atom. The number of halogens is 1. The monoisotopic (exact) mass is 469 g/mol. The van der Waals surface area contributed by atoms with Crippen molar-refractivity contribution in [2.45, 2.75) is 58.8 Å². The number of rotatable bonds is 7. The molecule has 0 aliphatic heterocycles. The molecule has 0 spiro atoms. The lowest BCUT2D eigenvalue weighted by molar-refractivity contribution is -0.143. The molecule has 3 rings (SSSR count). The maximum atomic E-state index is 14.0. The number of carbonyl (C=O) groups is 1. The van der Waals surface area contributed by atoms with Crippen LogP contribution in [0.15, 0.2) is 48.5 Å². The molecule has 3 aromatic carbocycles. The number of hydrogen-bond donors (Lipinski definition) is 1. The van der Waals surface area contributed by atoms with Crippen molar-refractivity contribution in [1.29, 1.82) is 0 Å². The fourth-order valence-corrected chi connectivity index (χ4v) is 4.87. The van der Waals surface area contributed by atoms with Gasteiger partial charge < -0.3 is 4.74 Å². The van der Waals surface area contributed by atoms with E-state index in [0.717, 1.165) is 38.6 Å². The van der Waals surface area contributed by atoms with Crippen LogP contribution < -0.4 is 4.72 Å². The summed E-state index contributed by atoms with van der Waals surface area (Å²) in [6.45, 7) is 11.5. The quantitative estimate of drug-likeness (QED) is 0.413. The zero-order valence-corrected chi connectivity index (χ0v) is 20.9. The highest BCUT2D eigenvalue weighted by Crippen LogP contribution is 2.36. The van der Waals surface area contributed by atoms with Crippen LogP contribution in [0, 0.1) is 19.7 Å². The first kappa shape index (κ1) is 25.1. The molecule has 6 heteroatoms. The van der Waals surface area contributed by atoms with Crippen LogP contribution in [0.25, 0.3) is 21.9 Å². The predicted molar refractivity (Wildman–Crippen MR) is 134 cm³/mol. The van der Waals surface area contributed by atoms with Crippen molar-refractivity contribution >= 4 is 27.7 Å². The summed E-state index contributed by atoms with van der Waals surface area (Å²) in [5, 5.41) is 1.96. The average Bonchev–Trinajstić information content (AvgIpc) is 2.71. The summed E-state index contributed by atoms with van der Waals surface area (Å²) in [5.41, 5.74) is 4.41. The van der Waals surface area contributed by atoms with Crippen LogP contribution in [0.5, 0.6) is 0 Å². The normalized spacial score (nSPS) is 13.7. The van der Waals surface area contributed by atoms with E-state index in [9.17, 15) is 13.4 Å². The van der Waals surface area contributed by atoms with Crippen molar-refractivity contribution in [3.8, 4) is 11.1 Å². The van der Waals surface area contributed by atoms with Crippen molar-refractivity contribution in [2.75, 3.05) is 6.61 Å². The zero-order valence-electron chi connectivity index (χ0n) is 20.1. The summed E-state index contributed by atoms with van der Waals surface area (Å²) in [6.07, 6.45) is 0.0461. The van der Waals surface area contributed by atoms with Crippen LogP contribution >= 0.6 is 0 Å². The average molecular weight is 470 g/mol. The molecule has 0 saturated carbocycles. The largest absolute Gasteiger partial charge is 0.466 e. The van der Waals surface area contributed by atoms with E-state index in [2.05, 4.69) is 10.8 Å². The lowest BCUT2D eigenvalue weighted by Crippen LogP contribution is -2.36. The summed E-state index contributed by atoms with van der Waals surface area (Å²) in [5.74, 6) is -0.623. The Bertz CT molecular complexity index is 1180. The Morgan fingerprint density at radius 3 is 2.33 bits per heavy atom. The molecule has 33 heavy (non-hydrogen) atoms. The minimum atomic E-state index is -1.40. The molecule has 1 unspecified atom stereocenters. The molecule has 0 saturated heterocycles. The third kappa shape index (κ3) is 5.87. The minimum Gasteiger partial charge on any atom is -0.466 e. The molecule has 0 aromatic heterocycles. The molecule has 176 valence electrons. The van der Waals surface area contributed by atoms with Crippen molar-refractivity contribution < 1.29 is 18.1 Å². The molecule has 0 amide bonds. The summed E-state index contributed by atoms with van der Waals surface area (Å²) in [6, 6.07) is 14.6. The molecule has 4 nitrogen and oxygen atoms in total. The molecular weight excluding hydrogens is 437 g/mol. The van der Waals surface area contributed by atoms with Gasteiger partial charge in [-0.15, -0.1) is 0 Å². The van der Waals surface area contributed by atoms with Crippen LogP contribution in [0.2, 0.25) is 0 Å². The molecule has 0 aliphatic carbocycles. The minimum absolute atomic E-state index is 0.0461. The summed E-state index contributed by atoms with van der Waals surface area (Å²) in [7, 11) is -1.40. The first-order valence-electron chi connectivity index (χ1n) is 11.1. The molecule has 1 N–H and O–H groups in total. The van der Waals surface area contributed by atoms with Gasteiger partial charge in [-0.1, -0.05) is 24.3 Å². The highest BCUT2D eigenvalue weighted by atomic mass is 32.2. The molecule has 0 aliphatic rings. The van der Waals surface area contributed by atoms with Crippen molar-refractivity contribution in [3.63, 3.8) is 0 Å². The van der Waals surface area contributed by atoms with E-state index in [1.807, 2.05) is 65.0 Å². The number of fused-ring (bicyclic) bond motifs is 1. The van der Waals surface area contributed by atoms with E-state index in [-0.39, 0.29) is 24.8 Å². The van der Waals surface area contributed by atoms with Gasteiger partial charge in [-0.05, 0) is 104 Å². The van der Waals surface area contributed by atoms with Crippen LogP contribution in [0.4, 0.5) is 4.39 Å². The van der Waals surface area contributed by atoms with Crippen molar-refractivity contribution in [3.05, 3.63) is 71.0 Å².